The van der Waals surface area contributed by atoms with Crippen molar-refractivity contribution in [3.05, 3.63) is 33.8 Å². The lowest BCUT2D eigenvalue weighted by Gasteiger charge is -2.24. The Kier molecular flexibility index (Phi) is 4.39. The van der Waals surface area contributed by atoms with Crippen molar-refractivity contribution in [3.8, 4) is 0 Å². The molecule has 0 aromatic heterocycles. The van der Waals surface area contributed by atoms with Gasteiger partial charge in [-0.05, 0) is 30.5 Å². The average Bonchev–Trinajstić information content (AvgIpc) is 3.12. The molecule has 2 rings (SSSR count). The lowest BCUT2D eigenvalue weighted by Crippen LogP contribution is -2.35. The fourth-order valence-corrected chi connectivity index (χ4v) is 2.52. The zero-order valence-corrected chi connectivity index (χ0v) is 12.0. The van der Waals surface area contributed by atoms with Crippen LogP contribution in [0.4, 0.5) is 13.2 Å². The summed E-state index contributed by atoms with van der Waals surface area (Å²) in [7, 11) is 0. The highest BCUT2D eigenvalue weighted by Crippen LogP contribution is 2.32. The molecule has 110 valence electrons. The average molecular weight is 352 g/mol. The van der Waals surface area contributed by atoms with Crippen molar-refractivity contribution in [1.29, 1.82) is 0 Å². The van der Waals surface area contributed by atoms with E-state index in [1.165, 1.54) is 17.0 Å². The normalized spacial score (nSPS) is 15.7. The number of hydrogen-bond acceptors (Lipinski definition) is 2. The maximum absolute atomic E-state index is 12.5. The summed E-state index contributed by atoms with van der Waals surface area (Å²) in [6.07, 6.45) is -2.67. The van der Waals surface area contributed by atoms with Crippen molar-refractivity contribution in [3.63, 3.8) is 0 Å². The van der Waals surface area contributed by atoms with E-state index in [-0.39, 0.29) is 18.2 Å². The first-order valence-electron chi connectivity index (χ1n) is 6.09. The van der Waals surface area contributed by atoms with Crippen LogP contribution in [0.1, 0.15) is 28.8 Å². The van der Waals surface area contributed by atoms with Crippen molar-refractivity contribution in [2.75, 3.05) is 6.54 Å². The van der Waals surface area contributed by atoms with Crippen LogP contribution in [0.2, 0.25) is 0 Å². The monoisotopic (exact) mass is 351 g/mol. The van der Waals surface area contributed by atoms with Gasteiger partial charge in [0.15, 0.2) is 0 Å². The fraction of sp³-hybridized carbons (Fsp3) is 0.462. The Bertz CT molecular complexity index is 515. The number of halogens is 4. The van der Waals surface area contributed by atoms with Crippen LogP contribution in [0.3, 0.4) is 0 Å². The Balaban J connectivity index is 2.12. The highest BCUT2D eigenvalue weighted by molar-refractivity contribution is 9.10. The van der Waals surface area contributed by atoms with Crippen molar-refractivity contribution < 1.29 is 23.1 Å². The summed E-state index contributed by atoms with van der Waals surface area (Å²) in [4.78, 5) is 12.2. The first kappa shape index (κ1) is 15.3. The third-order valence-corrected chi connectivity index (χ3v) is 3.86. The van der Waals surface area contributed by atoms with Gasteiger partial charge in [0.1, 0.15) is 0 Å². The van der Waals surface area contributed by atoms with Crippen LogP contribution in [0.5, 0.6) is 0 Å². The summed E-state index contributed by atoms with van der Waals surface area (Å²) in [6, 6.07) is 4.35. The summed E-state index contributed by atoms with van der Waals surface area (Å²) in [6.45, 7) is -0.782. The molecule has 0 atom stereocenters. The lowest BCUT2D eigenvalue weighted by molar-refractivity contribution is -0.148. The molecule has 0 aliphatic heterocycles. The summed E-state index contributed by atoms with van der Waals surface area (Å²) >= 11 is 3.22. The number of benzene rings is 1. The fourth-order valence-electron chi connectivity index (χ4n) is 2.01. The van der Waals surface area contributed by atoms with Crippen LogP contribution in [0.25, 0.3) is 0 Å². The summed E-state index contributed by atoms with van der Waals surface area (Å²) in [5, 5.41) is 8.85. The molecule has 0 unspecified atom stereocenters. The van der Waals surface area contributed by atoms with Gasteiger partial charge in [-0.1, -0.05) is 22.0 Å². The quantitative estimate of drug-likeness (QED) is 0.879. The van der Waals surface area contributed by atoms with Gasteiger partial charge in [0.2, 0.25) is 0 Å². The molecule has 1 aromatic rings. The molecule has 0 radical (unpaired) electrons. The number of nitrogens with zero attached hydrogens (tertiary/aromatic N) is 1. The van der Waals surface area contributed by atoms with Crippen molar-refractivity contribution in [2.45, 2.75) is 31.6 Å². The van der Waals surface area contributed by atoms with E-state index in [4.69, 9.17) is 5.11 Å². The first-order chi connectivity index (χ1) is 9.26. The molecular weight excluding hydrogens is 339 g/mol. The number of carboxylic acid groups (broad SMARTS) is 1. The molecule has 1 fully saturated rings. The number of carbonyl (C=O) groups is 1. The molecular formula is C13H13BrF3NO2. The zero-order chi connectivity index (χ0) is 14.9. The lowest BCUT2D eigenvalue weighted by atomic mass is 10.1. The minimum Gasteiger partial charge on any atom is -0.478 e. The van der Waals surface area contributed by atoms with E-state index < -0.39 is 18.7 Å². The number of rotatable bonds is 5. The molecule has 0 heterocycles. The number of carboxylic acids is 1. The molecule has 20 heavy (non-hydrogen) atoms. The Morgan fingerprint density at radius 1 is 1.40 bits per heavy atom. The topological polar surface area (TPSA) is 40.5 Å². The van der Waals surface area contributed by atoms with Gasteiger partial charge in [0.05, 0.1) is 12.1 Å². The molecule has 0 amide bonds. The molecule has 1 saturated carbocycles. The Morgan fingerprint density at radius 2 is 2.05 bits per heavy atom. The first-order valence-corrected chi connectivity index (χ1v) is 6.88. The summed E-state index contributed by atoms with van der Waals surface area (Å²) in [5.41, 5.74) is 0.764. The Labute approximate surface area is 122 Å². The van der Waals surface area contributed by atoms with E-state index in [1.54, 1.807) is 6.07 Å². The standard InChI is InChI=1S/C13H13BrF3NO2/c14-11-5-8(12(19)20)1-2-9(11)6-18(10-3-4-10)7-13(15,16)17/h1-2,5,10H,3-4,6-7H2,(H,19,20). The SMILES string of the molecule is O=C(O)c1ccc(CN(CC(F)(F)F)C2CC2)c(Br)c1. The van der Waals surface area contributed by atoms with Crippen molar-refractivity contribution in [2.24, 2.45) is 0 Å². The van der Waals surface area contributed by atoms with Crippen LogP contribution in [0.15, 0.2) is 22.7 Å². The second kappa shape index (κ2) is 5.73. The van der Waals surface area contributed by atoms with Gasteiger partial charge in [-0.2, -0.15) is 13.2 Å². The summed E-state index contributed by atoms with van der Waals surface area (Å²) in [5.74, 6) is -1.06. The molecule has 3 nitrogen and oxygen atoms in total. The van der Waals surface area contributed by atoms with Crippen LogP contribution in [-0.4, -0.2) is 34.7 Å². The van der Waals surface area contributed by atoms with Gasteiger partial charge in [-0.25, -0.2) is 4.79 Å². The second-order valence-corrected chi connectivity index (χ2v) is 5.72. The zero-order valence-electron chi connectivity index (χ0n) is 10.5. The minimum absolute atomic E-state index is 0.0253. The van der Waals surface area contributed by atoms with Crippen LogP contribution < -0.4 is 0 Å². The number of aromatic carboxylic acids is 1. The van der Waals surface area contributed by atoms with E-state index in [0.717, 1.165) is 12.8 Å². The van der Waals surface area contributed by atoms with E-state index >= 15 is 0 Å². The molecule has 0 saturated heterocycles. The number of alkyl halides is 3. The molecule has 1 aliphatic carbocycles. The third-order valence-electron chi connectivity index (χ3n) is 3.12. The van der Waals surface area contributed by atoms with Gasteiger partial charge in [-0.15, -0.1) is 0 Å². The van der Waals surface area contributed by atoms with Crippen molar-refractivity contribution in [1.82, 2.24) is 4.90 Å². The molecule has 1 aliphatic rings. The third kappa shape index (κ3) is 4.21. The van der Waals surface area contributed by atoms with Gasteiger partial charge in [0.25, 0.3) is 0 Å². The predicted octanol–water partition coefficient (Wildman–Crippen LogP) is 3.67. The van der Waals surface area contributed by atoms with Gasteiger partial charge < -0.3 is 5.11 Å². The predicted molar refractivity (Wildman–Crippen MR) is 70.6 cm³/mol. The molecule has 0 spiro atoms. The highest BCUT2D eigenvalue weighted by atomic mass is 79.9. The minimum atomic E-state index is -4.23. The molecule has 1 aromatic carbocycles. The maximum atomic E-state index is 12.5. The van der Waals surface area contributed by atoms with Crippen LogP contribution in [0, 0.1) is 0 Å². The van der Waals surface area contributed by atoms with Gasteiger partial charge >= 0.3 is 12.1 Å². The van der Waals surface area contributed by atoms with Crippen molar-refractivity contribution >= 4 is 21.9 Å². The van der Waals surface area contributed by atoms with Crippen LogP contribution in [-0.2, 0) is 6.54 Å². The highest BCUT2D eigenvalue weighted by Gasteiger charge is 2.38. The number of hydrogen-bond donors (Lipinski definition) is 1. The maximum Gasteiger partial charge on any atom is 0.401 e. The molecule has 7 heteroatoms. The van der Waals surface area contributed by atoms with E-state index in [1.807, 2.05) is 0 Å². The second-order valence-electron chi connectivity index (χ2n) is 4.86. The van der Waals surface area contributed by atoms with E-state index in [9.17, 15) is 18.0 Å². The van der Waals surface area contributed by atoms with Crippen LogP contribution >= 0.6 is 15.9 Å². The van der Waals surface area contributed by atoms with Gasteiger partial charge in [0, 0.05) is 17.1 Å². The Hall–Kier alpha value is -1.08. The summed E-state index contributed by atoms with van der Waals surface area (Å²) < 4.78 is 38.1. The largest absolute Gasteiger partial charge is 0.478 e. The van der Waals surface area contributed by atoms with E-state index in [0.29, 0.717) is 10.0 Å². The Morgan fingerprint density at radius 3 is 2.50 bits per heavy atom. The molecule has 0 bridgehead atoms. The van der Waals surface area contributed by atoms with E-state index in [2.05, 4.69) is 15.9 Å². The smallest absolute Gasteiger partial charge is 0.401 e. The van der Waals surface area contributed by atoms with Gasteiger partial charge in [-0.3, -0.25) is 4.90 Å². The molecule has 1 N–H and O–H groups in total.